The van der Waals surface area contributed by atoms with Crippen molar-refractivity contribution in [2.24, 2.45) is 7.05 Å². The molecule has 0 aliphatic rings. The van der Waals surface area contributed by atoms with E-state index in [0.717, 1.165) is 18.2 Å². The third kappa shape index (κ3) is 4.63. The molecule has 0 fully saturated rings. The van der Waals surface area contributed by atoms with E-state index >= 15 is 0 Å². The van der Waals surface area contributed by atoms with E-state index in [1.54, 1.807) is 56.5 Å². The van der Waals surface area contributed by atoms with E-state index < -0.39 is 17.5 Å². The van der Waals surface area contributed by atoms with Crippen molar-refractivity contribution in [3.63, 3.8) is 0 Å². The molecule has 0 spiro atoms. The van der Waals surface area contributed by atoms with Crippen molar-refractivity contribution in [1.82, 2.24) is 4.57 Å². The van der Waals surface area contributed by atoms with Gasteiger partial charge >= 0.3 is 0 Å². The maximum atomic E-state index is 14.2. The molecule has 3 aromatic rings. The van der Waals surface area contributed by atoms with E-state index in [2.05, 4.69) is 17.2 Å². The second-order valence-electron chi connectivity index (χ2n) is 7.10. The monoisotopic (exact) mass is 424 g/mol. The van der Waals surface area contributed by atoms with Gasteiger partial charge in [0.1, 0.15) is 23.0 Å². The zero-order chi connectivity index (χ0) is 22.7. The van der Waals surface area contributed by atoms with E-state index in [9.17, 15) is 18.4 Å². The Bertz CT molecular complexity index is 1200. The van der Waals surface area contributed by atoms with E-state index in [1.807, 2.05) is 0 Å². The molecule has 6 nitrogen and oxygen atoms in total. The highest BCUT2D eigenvalue weighted by molar-refractivity contribution is 6.00. The molecule has 0 bridgehead atoms. The molecule has 0 unspecified atom stereocenters. The van der Waals surface area contributed by atoms with Gasteiger partial charge in [0.15, 0.2) is 0 Å². The van der Waals surface area contributed by atoms with Crippen LogP contribution in [-0.2, 0) is 11.8 Å². The molecule has 0 saturated heterocycles. The predicted molar refractivity (Wildman–Crippen MR) is 120 cm³/mol. The number of nitrogens with one attached hydrogen (secondary N) is 2. The highest BCUT2D eigenvalue weighted by atomic mass is 19.1. The third-order valence-corrected chi connectivity index (χ3v) is 4.65. The fourth-order valence-corrected chi connectivity index (χ4v) is 3.08. The van der Waals surface area contributed by atoms with E-state index in [1.165, 1.54) is 10.6 Å². The second kappa shape index (κ2) is 8.83. The molecule has 8 heteroatoms. The Morgan fingerprint density at radius 2 is 1.81 bits per heavy atom. The normalized spacial score (nSPS) is 10.5. The van der Waals surface area contributed by atoms with Gasteiger partial charge in [-0.2, -0.15) is 0 Å². The van der Waals surface area contributed by atoms with Crippen LogP contribution >= 0.6 is 0 Å². The largest absolute Gasteiger partial charge is 0.373 e. The van der Waals surface area contributed by atoms with Crippen LogP contribution in [0.2, 0.25) is 0 Å². The Hall–Kier alpha value is -3.94. The minimum atomic E-state index is -0.746. The highest BCUT2D eigenvalue weighted by Gasteiger charge is 2.15. The number of anilines is 4. The van der Waals surface area contributed by atoms with Crippen LogP contribution in [0.15, 0.2) is 66.1 Å². The molecule has 0 radical (unpaired) electrons. The van der Waals surface area contributed by atoms with Crippen LogP contribution in [0.25, 0.3) is 11.1 Å². The third-order valence-electron chi connectivity index (χ3n) is 4.65. The molecule has 0 aliphatic carbocycles. The summed E-state index contributed by atoms with van der Waals surface area (Å²) in [5.74, 6) is -1.89. The zero-order valence-corrected chi connectivity index (χ0v) is 17.4. The molecule has 0 atom stereocenters. The van der Waals surface area contributed by atoms with Crippen molar-refractivity contribution in [3.05, 3.63) is 83.3 Å². The average Bonchev–Trinajstić information content (AvgIpc) is 2.73. The van der Waals surface area contributed by atoms with Gasteiger partial charge in [-0.05, 0) is 42.5 Å². The number of halogens is 2. The summed E-state index contributed by atoms with van der Waals surface area (Å²) >= 11 is 0. The van der Waals surface area contributed by atoms with E-state index in [0.29, 0.717) is 28.2 Å². The number of carbonyl (C=O) groups is 1. The van der Waals surface area contributed by atoms with Crippen LogP contribution in [0.1, 0.15) is 0 Å². The van der Waals surface area contributed by atoms with Gasteiger partial charge in [0.05, 0.1) is 0 Å². The molecule has 0 saturated carbocycles. The summed E-state index contributed by atoms with van der Waals surface area (Å²) in [5.41, 5.74) is 1.93. The van der Waals surface area contributed by atoms with Gasteiger partial charge in [-0.15, -0.1) is 0 Å². The first-order valence-electron chi connectivity index (χ1n) is 9.38. The Balaban J connectivity index is 2.20. The number of hydrogen-bond acceptors (Lipinski definition) is 4. The van der Waals surface area contributed by atoms with Gasteiger partial charge in [-0.1, -0.05) is 12.6 Å². The van der Waals surface area contributed by atoms with Crippen molar-refractivity contribution >= 4 is 28.7 Å². The predicted octanol–water partition coefficient (Wildman–Crippen LogP) is 4.26. The lowest BCUT2D eigenvalue weighted by molar-refractivity contribution is -0.111. The SMILES string of the molecule is C=CC(=O)Nc1ccc(Nc2c(F)cccc2F)c(-c2cc(N(C)C)c(=O)n(C)c2)c1. The van der Waals surface area contributed by atoms with Gasteiger partial charge in [0, 0.05) is 49.8 Å². The van der Waals surface area contributed by atoms with E-state index in [4.69, 9.17) is 0 Å². The van der Waals surface area contributed by atoms with Crippen LogP contribution in [-0.4, -0.2) is 24.6 Å². The van der Waals surface area contributed by atoms with Crippen molar-refractivity contribution in [1.29, 1.82) is 0 Å². The number of aryl methyl sites for hydroxylation is 1. The first kappa shape index (κ1) is 21.8. The van der Waals surface area contributed by atoms with Gasteiger partial charge in [-0.25, -0.2) is 8.78 Å². The van der Waals surface area contributed by atoms with Crippen molar-refractivity contribution in [3.8, 4) is 11.1 Å². The number of amides is 1. The van der Waals surface area contributed by atoms with Crippen molar-refractivity contribution < 1.29 is 13.6 Å². The quantitative estimate of drug-likeness (QED) is 0.580. The number of hydrogen-bond donors (Lipinski definition) is 2. The molecule has 1 heterocycles. The zero-order valence-electron chi connectivity index (χ0n) is 17.4. The number of pyridine rings is 1. The average molecular weight is 424 g/mol. The smallest absolute Gasteiger partial charge is 0.273 e. The summed E-state index contributed by atoms with van der Waals surface area (Å²) in [6.45, 7) is 3.43. The molecule has 1 aromatic heterocycles. The molecule has 1 amide bonds. The van der Waals surface area contributed by atoms with Gasteiger partial charge in [-0.3, -0.25) is 9.59 Å². The first-order chi connectivity index (χ1) is 14.7. The Morgan fingerprint density at radius 1 is 1.13 bits per heavy atom. The van der Waals surface area contributed by atoms with Crippen LogP contribution in [0.3, 0.4) is 0 Å². The van der Waals surface area contributed by atoms with Gasteiger partial charge in [0.2, 0.25) is 5.91 Å². The molecule has 2 N–H and O–H groups in total. The maximum Gasteiger partial charge on any atom is 0.273 e. The van der Waals surface area contributed by atoms with E-state index in [-0.39, 0.29) is 11.2 Å². The lowest BCUT2D eigenvalue weighted by atomic mass is 10.0. The van der Waals surface area contributed by atoms with Crippen molar-refractivity contribution in [2.75, 3.05) is 29.6 Å². The summed E-state index contributed by atoms with van der Waals surface area (Å²) in [6.07, 6.45) is 2.75. The Labute approximate surface area is 178 Å². The maximum absolute atomic E-state index is 14.2. The standard InChI is InChI=1S/C23H22F2N4O2/c1-5-21(30)26-15-9-10-19(27-22-17(24)7-6-8-18(22)25)16(12-15)14-11-20(28(2)3)23(31)29(4)13-14/h5-13,27H,1H2,2-4H3,(H,26,30). The number of benzene rings is 2. The summed E-state index contributed by atoms with van der Waals surface area (Å²) in [5, 5.41) is 5.47. The number of aromatic nitrogens is 1. The van der Waals surface area contributed by atoms with Crippen LogP contribution in [0.5, 0.6) is 0 Å². The summed E-state index contributed by atoms with van der Waals surface area (Å²) < 4.78 is 29.9. The van der Waals surface area contributed by atoms with Crippen LogP contribution < -0.4 is 21.1 Å². The van der Waals surface area contributed by atoms with Crippen molar-refractivity contribution in [2.45, 2.75) is 0 Å². The number of carbonyl (C=O) groups excluding carboxylic acids is 1. The highest BCUT2D eigenvalue weighted by Crippen LogP contribution is 2.35. The van der Waals surface area contributed by atoms with Gasteiger partial charge < -0.3 is 20.1 Å². The molecule has 31 heavy (non-hydrogen) atoms. The molecular weight excluding hydrogens is 402 g/mol. The second-order valence-corrected chi connectivity index (χ2v) is 7.10. The number of para-hydroxylation sites is 1. The topological polar surface area (TPSA) is 66.4 Å². The summed E-state index contributed by atoms with van der Waals surface area (Å²) in [6, 6.07) is 10.1. The molecular formula is C23H22F2N4O2. The minimum absolute atomic E-state index is 0.195. The van der Waals surface area contributed by atoms with Crippen LogP contribution in [0, 0.1) is 11.6 Å². The fraction of sp³-hybridized carbons (Fsp3) is 0.130. The molecule has 160 valence electrons. The lowest BCUT2D eigenvalue weighted by Crippen LogP contribution is -2.25. The minimum Gasteiger partial charge on any atom is -0.373 e. The van der Waals surface area contributed by atoms with Crippen LogP contribution in [0.4, 0.5) is 31.5 Å². The fourth-order valence-electron chi connectivity index (χ4n) is 3.08. The Morgan fingerprint density at radius 3 is 2.42 bits per heavy atom. The first-order valence-corrected chi connectivity index (χ1v) is 9.38. The number of nitrogens with zero attached hydrogens (tertiary/aromatic N) is 2. The number of rotatable bonds is 6. The summed E-state index contributed by atoms with van der Waals surface area (Å²) in [4.78, 5) is 25.9. The molecule has 2 aromatic carbocycles. The summed E-state index contributed by atoms with van der Waals surface area (Å²) in [7, 11) is 5.11. The lowest BCUT2D eigenvalue weighted by Gasteiger charge is -2.18. The molecule has 3 rings (SSSR count). The van der Waals surface area contributed by atoms with Gasteiger partial charge in [0.25, 0.3) is 5.56 Å². The molecule has 0 aliphatic heterocycles. The Kier molecular flexibility index (Phi) is 6.20.